The summed E-state index contributed by atoms with van der Waals surface area (Å²) in [5.41, 5.74) is -1.97. The molecule has 21 heavy (non-hydrogen) atoms. The Morgan fingerprint density at radius 2 is 2.00 bits per heavy atom. The number of rotatable bonds is 6. The Morgan fingerprint density at radius 3 is 2.57 bits per heavy atom. The molecule has 1 N–H and O–H groups in total. The van der Waals surface area contributed by atoms with E-state index in [1.165, 1.54) is 6.92 Å². The summed E-state index contributed by atoms with van der Waals surface area (Å²) in [6, 6.07) is 2.71. The molecule has 0 fully saturated rings. The van der Waals surface area contributed by atoms with Crippen LogP contribution in [0.1, 0.15) is 19.4 Å². The van der Waals surface area contributed by atoms with E-state index in [4.69, 9.17) is 4.74 Å². The van der Waals surface area contributed by atoms with Gasteiger partial charge in [-0.15, -0.1) is 0 Å². The molecule has 0 saturated carbocycles. The molecule has 1 atom stereocenters. The van der Waals surface area contributed by atoms with Crippen molar-refractivity contribution in [3.05, 3.63) is 35.4 Å². The van der Waals surface area contributed by atoms with Gasteiger partial charge >= 0.3 is 11.9 Å². The first-order valence-corrected chi connectivity index (χ1v) is 6.29. The first-order valence-electron chi connectivity index (χ1n) is 6.29. The largest absolute Gasteiger partial charge is 0.467 e. The average Bonchev–Trinajstić information content (AvgIpc) is 2.46. The van der Waals surface area contributed by atoms with E-state index in [2.05, 4.69) is 10.1 Å². The lowest BCUT2D eigenvalue weighted by molar-refractivity contribution is -0.149. The number of hydrogen-bond donors (Lipinski definition) is 1. The molecule has 0 amide bonds. The van der Waals surface area contributed by atoms with Crippen molar-refractivity contribution in [1.29, 1.82) is 0 Å². The van der Waals surface area contributed by atoms with Crippen LogP contribution >= 0.6 is 0 Å². The molecule has 0 aromatic heterocycles. The number of ether oxygens (including phenoxy) is 2. The summed E-state index contributed by atoms with van der Waals surface area (Å²) in [7, 11) is 1.11. The summed E-state index contributed by atoms with van der Waals surface area (Å²) >= 11 is 0. The Balaban J connectivity index is 3.12. The van der Waals surface area contributed by atoms with Crippen LogP contribution in [0.4, 0.5) is 8.78 Å². The molecule has 0 aliphatic heterocycles. The van der Waals surface area contributed by atoms with Crippen LogP contribution < -0.4 is 5.32 Å². The molecule has 0 heterocycles. The zero-order chi connectivity index (χ0) is 16.0. The summed E-state index contributed by atoms with van der Waals surface area (Å²) in [6.45, 7) is 2.75. The second-order valence-electron chi connectivity index (χ2n) is 4.40. The molecular formula is C14H17F2NO4. The second-order valence-corrected chi connectivity index (χ2v) is 4.40. The lowest BCUT2D eigenvalue weighted by atomic mass is 9.91. The Kier molecular flexibility index (Phi) is 5.78. The minimum absolute atomic E-state index is 0.170. The van der Waals surface area contributed by atoms with E-state index in [9.17, 15) is 18.4 Å². The van der Waals surface area contributed by atoms with Gasteiger partial charge in [0.2, 0.25) is 0 Å². The zero-order valence-corrected chi connectivity index (χ0v) is 12.0. The molecule has 116 valence electrons. The lowest BCUT2D eigenvalue weighted by Gasteiger charge is -2.28. The van der Waals surface area contributed by atoms with E-state index >= 15 is 0 Å². The van der Waals surface area contributed by atoms with Gasteiger partial charge in [-0.05, 0) is 32.0 Å². The quantitative estimate of drug-likeness (QED) is 0.807. The molecule has 5 nitrogen and oxygen atoms in total. The highest BCUT2D eigenvalue weighted by atomic mass is 19.1. The number of benzene rings is 1. The maximum Gasteiger partial charge on any atom is 0.330 e. The van der Waals surface area contributed by atoms with Gasteiger partial charge in [0.1, 0.15) is 17.2 Å². The summed E-state index contributed by atoms with van der Waals surface area (Å²) in [4.78, 5) is 23.3. The number of carbonyl (C=O) groups is 2. The van der Waals surface area contributed by atoms with Crippen LogP contribution in [0.25, 0.3) is 0 Å². The predicted octanol–water partition coefficient (Wildman–Crippen LogP) is 1.51. The number of carbonyl (C=O) groups excluding carboxylic acids is 2. The lowest BCUT2D eigenvalue weighted by Crippen LogP contribution is -2.50. The van der Waals surface area contributed by atoms with Crippen LogP contribution in [0.3, 0.4) is 0 Å². The summed E-state index contributed by atoms with van der Waals surface area (Å²) in [6.07, 6.45) is 0. The third-order valence-electron chi connectivity index (χ3n) is 2.95. The standard InChI is InChI=1S/C14H17F2NO4/c1-4-21-12(18)8-17-14(2,13(19)20-3)10-7-9(15)5-6-11(10)16/h5-7,17H,4,8H2,1-3H3. The van der Waals surface area contributed by atoms with Gasteiger partial charge in [-0.25, -0.2) is 13.6 Å². The fourth-order valence-corrected chi connectivity index (χ4v) is 1.82. The maximum absolute atomic E-state index is 13.9. The van der Waals surface area contributed by atoms with Gasteiger partial charge < -0.3 is 9.47 Å². The highest BCUT2D eigenvalue weighted by Crippen LogP contribution is 2.26. The van der Waals surface area contributed by atoms with Gasteiger partial charge in [-0.3, -0.25) is 10.1 Å². The minimum atomic E-state index is -1.71. The van der Waals surface area contributed by atoms with Gasteiger partial charge in [0.25, 0.3) is 0 Å². The Hall–Kier alpha value is -2.02. The van der Waals surface area contributed by atoms with Gasteiger partial charge in [-0.1, -0.05) is 0 Å². The fraction of sp³-hybridized carbons (Fsp3) is 0.429. The van der Waals surface area contributed by atoms with Gasteiger partial charge in [0.15, 0.2) is 0 Å². The van der Waals surface area contributed by atoms with Crippen molar-refractivity contribution in [2.24, 2.45) is 0 Å². The van der Waals surface area contributed by atoms with Crippen LogP contribution in [0.5, 0.6) is 0 Å². The van der Waals surface area contributed by atoms with Crippen molar-refractivity contribution in [3.8, 4) is 0 Å². The van der Waals surface area contributed by atoms with Crippen molar-refractivity contribution in [3.63, 3.8) is 0 Å². The van der Waals surface area contributed by atoms with E-state index in [1.807, 2.05) is 0 Å². The maximum atomic E-state index is 13.9. The molecule has 1 aromatic rings. The minimum Gasteiger partial charge on any atom is -0.467 e. The zero-order valence-electron chi connectivity index (χ0n) is 12.0. The van der Waals surface area contributed by atoms with E-state index in [0.717, 1.165) is 25.3 Å². The molecule has 0 bridgehead atoms. The molecular weight excluding hydrogens is 284 g/mol. The van der Waals surface area contributed by atoms with E-state index in [0.29, 0.717) is 0 Å². The van der Waals surface area contributed by atoms with Gasteiger partial charge in [0.05, 0.1) is 20.3 Å². The van der Waals surface area contributed by atoms with E-state index in [-0.39, 0.29) is 18.7 Å². The predicted molar refractivity (Wildman–Crippen MR) is 70.4 cm³/mol. The van der Waals surface area contributed by atoms with Crippen molar-refractivity contribution >= 4 is 11.9 Å². The monoisotopic (exact) mass is 301 g/mol. The van der Waals surface area contributed by atoms with Crippen LogP contribution in [0, 0.1) is 11.6 Å². The number of halogens is 2. The number of esters is 2. The molecule has 1 aromatic carbocycles. The first kappa shape index (κ1) is 17.0. The third kappa shape index (κ3) is 3.98. The van der Waals surface area contributed by atoms with Crippen molar-refractivity contribution in [2.45, 2.75) is 19.4 Å². The first-order chi connectivity index (χ1) is 9.85. The molecule has 0 spiro atoms. The molecule has 0 saturated heterocycles. The molecule has 0 aliphatic rings. The number of hydrogen-bond acceptors (Lipinski definition) is 5. The fourth-order valence-electron chi connectivity index (χ4n) is 1.82. The van der Waals surface area contributed by atoms with E-state index in [1.54, 1.807) is 6.92 Å². The molecule has 0 radical (unpaired) electrons. The Labute approximate surface area is 121 Å². The third-order valence-corrected chi connectivity index (χ3v) is 2.95. The number of nitrogens with one attached hydrogen (secondary N) is 1. The summed E-state index contributed by atoms with van der Waals surface area (Å²) < 4.78 is 36.6. The SMILES string of the molecule is CCOC(=O)CNC(C)(C(=O)OC)c1cc(F)ccc1F. The highest BCUT2D eigenvalue weighted by molar-refractivity contribution is 5.83. The average molecular weight is 301 g/mol. The molecule has 1 rings (SSSR count). The topological polar surface area (TPSA) is 64.6 Å². The number of methoxy groups -OCH3 is 1. The van der Waals surface area contributed by atoms with Gasteiger partial charge in [0, 0.05) is 5.56 Å². The van der Waals surface area contributed by atoms with Crippen LogP contribution in [0.15, 0.2) is 18.2 Å². The Morgan fingerprint density at radius 1 is 1.33 bits per heavy atom. The van der Waals surface area contributed by atoms with Gasteiger partial charge in [-0.2, -0.15) is 0 Å². The molecule has 0 aliphatic carbocycles. The second kappa shape index (κ2) is 7.12. The van der Waals surface area contributed by atoms with Crippen LogP contribution in [-0.4, -0.2) is 32.2 Å². The van der Waals surface area contributed by atoms with Crippen LogP contribution in [-0.2, 0) is 24.6 Å². The molecule has 7 heteroatoms. The summed E-state index contributed by atoms with van der Waals surface area (Å²) in [5, 5.41) is 2.56. The smallest absolute Gasteiger partial charge is 0.330 e. The van der Waals surface area contributed by atoms with Crippen LogP contribution in [0.2, 0.25) is 0 Å². The normalized spacial score (nSPS) is 13.4. The van der Waals surface area contributed by atoms with Crippen molar-refractivity contribution in [2.75, 3.05) is 20.3 Å². The van der Waals surface area contributed by atoms with Crippen molar-refractivity contribution < 1.29 is 27.8 Å². The van der Waals surface area contributed by atoms with E-state index < -0.39 is 29.1 Å². The van der Waals surface area contributed by atoms with Crippen molar-refractivity contribution in [1.82, 2.24) is 5.32 Å². The molecule has 1 unspecified atom stereocenters. The summed E-state index contributed by atoms with van der Waals surface area (Å²) in [5.74, 6) is -2.97. The Bertz CT molecular complexity index is 536. The highest BCUT2D eigenvalue weighted by Gasteiger charge is 2.39.